The molecule has 2 aliphatic heterocycles. The van der Waals surface area contributed by atoms with Crippen LogP contribution in [-0.4, -0.2) is 67.9 Å². The molecule has 0 radical (unpaired) electrons. The normalized spacial score (nSPS) is 20.1. The molecule has 34 heavy (non-hydrogen) atoms. The van der Waals surface area contributed by atoms with Gasteiger partial charge in [-0.05, 0) is 11.6 Å². The Morgan fingerprint density at radius 3 is 2.91 bits per heavy atom. The Labute approximate surface area is 199 Å². The minimum Gasteiger partial charge on any atom is -0.477 e. The molecule has 13 nitrogen and oxygen atoms in total. The summed E-state index contributed by atoms with van der Waals surface area (Å²) in [5, 5.41) is 29.5. The summed E-state index contributed by atoms with van der Waals surface area (Å²) in [7, 11) is 1.26. The number of hydrogen-bond acceptors (Lipinski definition) is 12. The van der Waals surface area contributed by atoms with Gasteiger partial charge >= 0.3 is 5.97 Å². The first kappa shape index (κ1) is 23.0. The number of thiazole rings is 1. The van der Waals surface area contributed by atoms with Crippen molar-refractivity contribution in [3.05, 3.63) is 45.9 Å². The second-order valence-corrected chi connectivity index (χ2v) is 8.79. The molecule has 174 valence electrons. The Morgan fingerprint density at radius 1 is 1.50 bits per heavy atom. The van der Waals surface area contributed by atoms with Crippen LogP contribution >= 0.6 is 23.1 Å². The van der Waals surface area contributed by atoms with E-state index in [9.17, 15) is 19.5 Å². The van der Waals surface area contributed by atoms with Gasteiger partial charge < -0.3 is 25.5 Å². The van der Waals surface area contributed by atoms with E-state index in [2.05, 4.69) is 20.6 Å². The maximum atomic E-state index is 12.8. The lowest BCUT2D eigenvalue weighted by Gasteiger charge is -2.49. The lowest BCUT2D eigenvalue weighted by atomic mass is 10.0. The summed E-state index contributed by atoms with van der Waals surface area (Å²) in [6.07, 6.45) is 2.95. The summed E-state index contributed by atoms with van der Waals surface area (Å²) in [6.45, 7) is 0. The number of allylic oxidation sites excluding steroid dienone is 1. The number of nitrogens with zero attached hydrogens (tertiary/aromatic N) is 5. The highest BCUT2D eigenvalue weighted by atomic mass is 32.2. The minimum atomic E-state index is -1.29. The largest absolute Gasteiger partial charge is 0.477 e. The molecule has 2 atom stereocenters. The fraction of sp³-hybridized carbons (Fsp3) is 0.211. The molecule has 1 fully saturated rings. The van der Waals surface area contributed by atoms with E-state index in [1.807, 2.05) is 6.07 Å². The summed E-state index contributed by atoms with van der Waals surface area (Å²) in [4.78, 5) is 47.4. The van der Waals surface area contributed by atoms with E-state index in [0.717, 1.165) is 16.2 Å². The number of nitrogens with one attached hydrogen (secondary N) is 1. The Balaban J connectivity index is 1.53. The number of nitrogen functional groups attached to an aromatic ring is 1. The van der Waals surface area contributed by atoms with E-state index in [0.29, 0.717) is 5.57 Å². The zero-order valence-corrected chi connectivity index (χ0v) is 18.9. The average molecular weight is 502 g/mol. The highest BCUT2D eigenvalue weighted by Gasteiger charge is 2.54. The molecule has 15 heteroatoms. The predicted molar refractivity (Wildman–Crippen MR) is 120 cm³/mol. The summed E-state index contributed by atoms with van der Waals surface area (Å²) >= 11 is 2.39. The van der Waals surface area contributed by atoms with Crippen LogP contribution in [0, 0.1) is 11.3 Å². The Hall–Kier alpha value is -4.16. The van der Waals surface area contributed by atoms with Gasteiger partial charge in [-0.1, -0.05) is 16.4 Å². The summed E-state index contributed by atoms with van der Waals surface area (Å²) < 4.78 is 4.97. The average Bonchev–Trinajstić information content (AvgIpc) is 3.47. The number of β-lactam (4-membered cyclic amide) rings is 1. The third-order valence-electron chi connectivity index (χ3n) is 4.74. The van der Waals surface area contributed by atoms with Crippen molar-refractivity contribution in [2.45, 2.75) is 11.4 Å². The van der Waals surface area contributed by atoms with Gasteiger partial charge in [0.2, 0.25) is 0 Å². The first-order valence-electron chi connectivity index (χ1n) is 9.43. The van der Waals surface area contributed by atoms with Crippen LogP contribution in [0.4, 0.5) is 5.13 Å². The number of amides is 2. The van der Waals surface area contributed by atoms with E-state index < -0.39 is 29.2 Å². The number of oxime groups is 1. The van der Waals surface area contributed by atoms with Crippen molar-refractivity contribution in [3.8, 4) is 6.07 Å². The number of hydrogen-bond donors (Lipinski definition) is 3. The van der Waals surface area contributed by atoms with E-state index in [1.165, 1.54) is 42.5 Å². The van der Waals surface area contributed by atoms with Crippen molar-refractivity contribution in [3.63, 3.8) is 0 Å². The van der Waals surface area contributed by atoms with Crippen molar-refractivity contribution >= 4 is 57.8 Å². The van der Waals surface area contributed by atoms with E-state index in [-0.39, 0.29) is 39.4 Å². The number of fused-ring (bicyclic) bond motifs is 1. The summed E-state index contributed by atoms with van der Waals surface area (Å²) in [5.74, 6) is -2.09. The number of nitrogens with two attached hydrogens (primary N) is 1. The van der Waals surface area contributed by atoms with Gasteiger partial charge in [0.25, 0.3) is 11.8 Å². The zero-order valence-electron chi connectivity index (χ0n) is 17.3. The number of carbonyl (C=O) groups is 3. The minimum absolute atomic E-state index is 0.0818. The molecule has 4 N–H and O–H groups in total. The van der Waals surface area contributed by atoms with Crippen LogP contribution in [0.15, 0.2) is 38.5 Å². The number of carbonyl (C=O) groups excluding carboxylic acids is 2. The van der Waals surface area contributed by atoms with Gasteiger partial charge in [0.15, 0.2) is 22.3 Å². The van der Waals surface area contributed by atoms with Gasteiger partial charge in [-0.25, -0.2) is 9.78 Å². The summed E-state index contributed by atoms with van der Waals surface area (Å²) in [6, 6.07) is 2.25. The highest BCUT2D eigenvalue weighted by Crippen LogP contribution is 2.40. The van der Waals surface area contributed by atoms with E-state index in [4.69, 9.17) is 20.4 Å². The zero-order chi connectivity index (χ0) is 24.4. The van der Waals surface area contributed by atoms with Gasteiger partial charge in [-0.3, -0.25) is 14.5 Å². The molecule has 0 aromatic carbocycles. The van der Waals surface area contributed by atoms with Crippen LogP contribution in [0.25, 0.3) is 6.08 Å². The molecule has 4 heterocycles. The lowest BCUT2D eigenvalue weighted by molar-refractivity contribution is -0.150. The van der Waals surface area contributed by atoms with Gasteiger partial charge in [-0.15, -0.1) is 23.1 Å². The van der Waals surface area contributed by atoms with Gasteiger partial charge in [0.1, 0.15) is 36.0 Å². The molecule has 0 bridgehead atoms. The molecule has 2 amide bonds. The topological polar surface area (TPSA) is 197 Å². The van der Waals surface area contributed by atoms with Gasteiger partial charge in [-0.2, -0.15) is 5.26 Å². The Kier molecular flexibility index (Phi) is 6.34. The molecule has 2 aliphatic rings. The first-order valence-corrected chi connectivity index (χ1v) is 11.4. The van der Waals surface area contributed by atoms with Crippen LogP contribution in [0.1, 0.15) is 17.1 Å². The fourth-order valence-corrected chi connectivity index (χ4v) is 5.14. The number of carboxylic acid groups (broad SMARTS) is 1. The molecular weight excluding hydrogens is 486 g/mol. The van der Waals surface area contributed by atoms with Crippen LogP contribution in [0.5, 0.6) is 0 Å². The van der Waals surface area contributed by atoms with Gasteiger partial charge in [0, 0.05) is 17.2 Å². The first-order chi connectivity index (χ1) is 16.3. The molecule has 0 spiro atoms. The van der Waals surface area contributed by atoms with E-state index >= 15 is 0 Å². The van der Waals surface area contributed by atoms with Crippen molar-refractivity contribution < 1.29 is 28.9 Å². The number of aliphatic carboxylic acids is 1. The van der Waals surface area contributed by atoms with Crippen molar-refractivity contribution in [2.75, 3.05) is 18.6 Å². The second-order valence-electron chi connectivity index (χ2n) is 6.79. The maximum absolute atomic E-state index is 12.8. The third-order valence-corrected chi connectivity index (χ3v) is 6.72. The second kappa shape index (κ2) is 9.37. The molecule has 0 unspecified atom stereocenters. The number of anilines is 1. The van der Waals surface area contributed by atoms with Crippen LogP contribution < -0.4 is 11.1 Å². The third kappa shape index (κ3) is 4.23. The number of aromatic nitrogens is 2. The van der Waals surface area contributed by atoms with Crippen molar-refractivity contribution in [2.24, 2.45) is 5.16 Å². The number of nitriles is 1. The standard InChI is InChI=1S/C19H15N7O6S2/c1-31-25-12(11-7-34-19(21)22-11)15(27)23-13-16(28)26-14(18(29)30)8(6-33-17(13)26)2-3-10-4-9(5-20)24-32-10/h2-4,7,13,17H,6H2,1H3,(H2,21,22)(H,23,27)(H,29,30)/b3-2-,25-12-/t13-,17-/m1/s1. The van der Waals surface area contributed by atoms with Gasteiger partial charge in [0.05, 0.1) is 0 Å². The highest BCUT2D eigenvalue weighted by molar-refractivity contribution is 8.00. The molecule has 0 aliphatic carbocycles. The predicted octanol–water partition coefficient (Wildman–Crippen LogP) is 0.387. The van der Waals surface area contributed by atoms with Crippen LogP contribution in [-0.2, 0) is 19.2 Å². The molecule has 1 saturated heterocycles. The quantitative estimate of drug-likeness (QED) is 0.269. The fourth-order valence-electron chi connectivity index (χ4n) is 3.28. The molecular formula is C19H15N7O6S2. The Morgan fingerprint density at radius 2 is 2.29 bits per heavy atom. The lowest BCUT2D eigenvalue weighted by Crippen LogP contribution is -2.71. The maximum Gasteiger partial charge on any atom is 0.352 e. The number of thioether (sulfide) groups is 1. The van der Waals surface area contributed by atoms with Crippen molar-refractivity contribution in [1.29, 1.82) is 5.26 Å². The van der Waals surface area contributed by atoms with Crippen LogP contribution in [0.2, 0.25) is 0 Å². The van der Waals surface area contributed by atoms with Crippen molar-refractivity contribution in [1.82, 2.24) is 20.4 Å². The Bertz CT molecular complexity index is 1300. The monoisotopic (exact) mass is 501 g/mol. The molecule has 2 aromatic rings. The smallest absolute Gasteiger partial charge is 0.352 e. The number of carboxylic acids is 1. The number of rotatable bonds is 7. The SMILES string of the molecule is CO/N=C(\C(=O)N[C@@H]1C(=O)N2C(C(=O)O)=C(/C=C\c3cc(C#N)no3)CS[C@H]12)c1csc(N)n1. The molecule has 0 saturated carbocycles. The van der Waals surface area contributed by atoms with Crippen LogP contribution in [0.3, 0.4) is 0 Å². The molecule has 2 aromatic heterocycles. The summed E-state index contributed by atoms with van der Waals surface area (Å²) in [5.41, 5.74) is 5.88. The van der Waals surface area contributed by atoms with E-state index in [1.54, 1.807) is 0 Å². The molecule has 4 rings (SSSR count).